The fraction of sp³-hybridized carbons (Fsp3) is 0.125. The Labute approximate surface area is 216 Å². The first-order valence-electron chi connectivity index (χ1n) is 11.9. The van der Waals surface area contributed by atoms with Crippen molar-refractivity contribution in [3.8, 4) is 11.1 Å². The van der Waals surface area contributed by atoms with Gasteiger partial charge < -0.3 is 0 Å². The van der Waals surface area contributed by atoms with Crippen molar-refractivity contribution >= 4 is 26.0 Å². The topological polar surface area (TPSA) is 0 Å². The van der Waals surface area contributed by atoms with Crippen molar-refractivity contribution in [2.24, 2.45) is 0 Å². The van der Waals surface area contributed by atoms with Crippen molar-refractivity contribution in [1.82, 2.24) is 0 Å². The predicted molar refractivity (Wildman–Crippen MR) is 145 cm³/mol. The first-order chi connectivity index (χ1) is 16.7. The summed E-state index contributed by atoms with van der Waals surface area (Å²) < 4.78 is 1.26. The van der Waals surface area contributed by atoms with E-state index in [9.17, 15) is 0 Å². The van der Waals surface area contributed by atoms with E-state index in [1.807, 2.05) is 0 Å². The van der Waals surface area contributed by atoms with Crippen LogP contribution in [0.3, 0.4) is 0 Å². The van der Waals surface area contributed by atoms with Gasteiger partial charge in [-0.1, -0.05) is 0 Å². The Kier molecular flexibility index (Phi) is 6.11. The van der Waals surface area contributed by atoms with Crippen LogP contribution in [-0.4, -0.2) is 0 Å². The fourth-order valence-corrected chi connectivity index (χ4v) is 12.1. The summed E-state index contributed by atoms with van der Waals surface area (Å²) in [6.45, 7) is 4.62. The summed E-state index contributed by atoms with van der Waals surface area (Å²) in [6, 6.07) is 35.9. The van der Waals surface area contributed by atoms with E-state index < -0.39 is 23.2 Å². The van der Waals surface area contributed by atoms with Crippen molar-refractivity contribution in [2.75, 3.05) is 0 Å². The van der Waals surface area contributed by atoms with Crippen LogP contribution in [0.4, 0.5) is 0 Å². The molecular formula is C32H27PZr. The molecular weight excluding hydrogens is 507 g/mol. The van der Waals surface area contributed by atoms with Gasteiger partial charge in [-0.15, -0.1) is 0 Å². The summed E-state index contributed by atoms with van der Waals surface area (Å²) >= 11 is -0.868. The molecule has 0 saturated heterocycles. The van der Waals surface area contributed by atoms with Crippen molar-refractivity contribution in [2.45, 2.75) is 21.1 Å². The maximum absolute atomic E-state index is 2.51. The molecule has 0 saturated carbocycles. The van der Waals surface area contributed by atoms with Crippen LogP contribution in [0, 0.1) is 6.92 Å². The zero-order chi connectivity index (χ0) is 23.1. The van der Waals surface area contributed by atoms with Gasteiger partial charge in [0.1, 0.15) is 0 Å². The van der Waals surface area contributed by atoms with Gasteiger partial charge in [-0.3, -0.25) is 0 Å². The van der Waals surface area contributed by atoms with Gasteiger partial charge in [-0.25, -0.2) is 0 Å². The molecule has 0 radical (unpaired) electrons. The van der Waals surface area contributed by atoms with Gasteiger partial charge in [0.15, 0.2) is 0 Å². The first kappa shape index (κ1) is 22.2. The average molecular weight is 534 g/mol. The van der Waals surface area contributed by atoms with Crippen LogP contribution < -0.4 is 5.30 Å². The third-order valence-electron chi connectivity index (χ3n) is 7.05. The third kappa shape index (κ3) is 4.04. The van der Waals surface area contributed by atoms with Gasteiger partial charge in [0, 0.05) is 0 Å². The Hall–Kier alpha value is -2.33. The molecule has 3 atom stereocenters. The summed E-state index contributed by atoms with van der Waals surface area (Å²) in [6.07, 6.45) is 5.00. The molecule has 0 amide bonds. The van der Waals surface area contributed by atoms with Crippen LogP contribution in [-0.2, 0) is 23.2 Å². The van der Waals surface area contributed by atoms with Crippen molar-refractivity contribution < 1.29 is 23.2 Å². The van der Waals surface area contributed by atoms with Gasteiger partial charge in [0.05, 0.1) is 0 Å². The van der Waals surface area contributed by atoms with E-state index in [1.54, 1.807) is 22.0 Å². The minimum absolute atomic E-state index is 0.628. The Morgan fingerprint density at radius 2 is 1.38 bits per heavy atom. The monoisotopic (exact) mass is 532 g/mol. The summed E-state index contributed by atoms with van der Waals surface area (Å²) in [5, 5.41) is 3.15. The van der Waals surface area contributed by atoms with Crippen LogP contribution in [0.1, 0.15) is 42.0 Å². The number of hydrogen-bond donors (Lipinski definition) is 0. The van der Waals surface area contributed by atoms with Crippen molar-refractivity contribution in [1.29, 1.82) is 0 Å². The second kappa shape index (κ2) is 9.37. The molecule has 164 valence electrons. The fourth-order valence-electron chi connectivity index (χ4n) is 5.29. The molecule has 0 aliphatic heterocycles. The number of hydrogen-bond acceptors (Lipinski definition) is 0. The van der Waals surface area contributed by atoms with Crippen LogP contribution in [0.5, 0.6) is 0 Å². The molecule has 2 heteroatoms. The van der Waals surface area contributed by atoms with E-state index in [-0.39, 0.29) is 0 Å². The molecule has 0 aromatic heterocycles. The van der Waals surface area contributed by atoms with Gasteiger partial charge in [-0.05, 0) is 0 Å². The van der Waals surface area contributed by atoms with E-state index >= 15 is 0 Å². The summed E-state index contributed by atoms with van der Waals surface area (Å²) in [5.74, 6) is 0. The van der Waals surface area contributed by atoms with Crippen molar-refractivity contribution in [3.05, 3.63) is 136 Å². The Morgan fingerprint density at radius 1 is 0.647 bits per heavy atom. The quantitative estimate of drug-likeness (QED) is 0.226. The molecule has 0 N–H and O–H groups in total. The molecule has 0 bridgehead atoms. The van der Waals surface area contributed by atoms with E-state index in [0.29, 0.717) is 7.25 Å². The predicted octanol–water partition coefficient (Wildman–Crippen LogP) is 8.30. The molecule has 3 unspecified atom stereocenters. The number of fused-ring (bicyclic) bond motifs is 2. The summed E-state index contributed by atoms with van der Waals surface area (Å²) in [7, 11) is 0.761. The summed E-state index contributed by atoms with van der Waals surface area (Å²) in [5.41, 5.74) is 11.7. The van der Waals surface area contributed by atoms with Crippen LogP contribution in [0.15, 0.2) is 108 Å². The molecule has 4 aromatic carbocycles. The van der Waals surface area contributed by atoms with E-state index in [4.69, 9.17) is 0 Å². The third-order valence-corrected chi connectivity index (χ3v) is 14.4. The second-order valence-corrected chi connectivity index (χ2v) is 14.3. The Balaban J connectivity index is 1.37. The Morgan fingerprint density at radius 3 is 2.24 bits per heavy atom. The first-order valence-corrected chi connectivity index (χ1v) is 15.8. The van der Waals surface area contributed by atoms with Gasteiger partial charge in [0.2, 0.25) is 0 Å². The van der Waals surface area contributed by atoms with Crippen LogP contribution >= 0.6 is 8.58 Å². The standard InChI is InChI=1S/C16H14P.C16H13.Zr/c1-12-6-2-5-9-16(12)17-15-10-13-7-3-4-8-14(13)11-15;1-12-10-14-8-5-9-15(16(14)11-12)13-6-3-2-4-7-13;/h2-11,17H,1H3;2-11H,1H3;. The number of benzene rings is 4. The molecule has 34 heavy (non-hydrogen) atoms. The van der Waals surface area contributed by atoms with E-state index in [1.165, 1.54) is 33.1 Å². The average Bonchev–Trinajstić information content (AvgIpc) is 3.38. The SMILES string of the molecule is CC1=Cc2c(-c3ccccc3)cccc2[CH]1[Zr][CH]1C(Pc2ccccc2C)=Cc2ccccc21. The van der Waals surface area contributed by atoms with Gasteiger partial charge in [0.25, 0.3) is 0 Å². The summed E-state index contributed by atoms with van der Waals surface area (Å²) in [4.78, 5) is 0. The molecule has 2 aliphatic carbocycles. The minimum atomic E-state index is -0.868. The Bertz CT molecular complexity index is 1430. The van der Waals surface area contributed by atoms with Crippen LogP contribution in [0.25, 0.3) is 23.3 Å². The molecule has 0 fully saturated rings. The zero-order valence-electron chi connectivity index (χ0n) is 19.5. The molecule has 2 aliphatic rings. The second-order valence-electron chi connectivity index (χ2n) is 9.26. The maximum atomic E-state index is 2.51. The zero-order valence-corrected chi connectivity index (χ0v) is 23.0. The van der Waals surface area contributed by atoms with Gasteiger partial charge in [-0.2, -0.15) is 0 Å². The van der Waals surface area contributed by atoms with Gasteiger partial charge >= 0.3 is 217 Å². The van der Waals surface area contributed by atoms with Crippen molar-refractivity contribution in [3.63, 3.8) is 0 Å². The normalized spacial score (nSPS) is 18.5. The molecule has 6 rings (SSSR count). The molecule has 4 aromatic rings. The van der Waals surface area contributed by atoms with E-state index in [2.05, 4.69) is 123 Å². The molecule has 0 spiro atoms. The van der Waals surface area contributed by atoms with E-state index in [0.717, 1.165) is 8.58 Å². The molecule has 0 heterocycles. The van der Waals surface area contributed by atoms with Crippen LogP contribution in [0.2, 0.25) is 0 Å². The number of aryl methyl sites for hydroxylation is 1. The molecule has 0 nitrogen and oxygen atoms in total. The number of rotatable bonds is 5. The number of allylic oxidation sites excluding steroid dienone is 2.